The number of carbonyl (C=O) groups is 1. The van der Waals surface area contributed by atoms with Crippen LogP contribution in [0.3, 0.4) is 0 Å². The molecule has 0 radical (unpaired) electrons. The monoisotopic (exact) mass is 265 g/mol. The Morgan fingerprint density at radius 2 is 1.89 bits per heavy atom. The highest BCUT2D eigenvalue weighted by atomic mass is 16.4. The van der Waals surface area contributed by atoms with Crippen molar-refractivity contribution in [3.63, 3.8) is 0 Å². The third-order valence-electron chi connectivity index (χ3n) is 3.45. The summed E-state index contributed by atoms with van der Waals surface area (Å²) in [4.78, 5) is 12.5. The van der Waals surface area contributed by atoms with Crippen LogP contribution in [0, 0.1) is 6.92 Å². The number of hydrogen-bond donors (Lipinski definition) is 2. The van der Waals surface area contributed by atoms with E-state index in [9.17, 15) is 9.90 Å². The number of aryl methyl sites for hydroxylation is 1. The summed E-state index contributed by atoms with van der Waals surface area (Å²) in [5, 5.41) is 19.1. The van der Waals surface area contributed by atoms with E-state index in [0.29, 0.717) is 6.54 Å². The number of benzene rings is 1. The summed E-state index contributed by atoms with van der Waals surface area (Å²) in [5.74, 6) is -0.813. The fraction of sp³-hybridized carbons (Fsp3) is 0.533. The number of hydrogen-bond acceptors (Lipinski definition) is 3. The fourth-order valence-corrected chi connectivity index (χ4v) is 2.20. The first kappa shape index (κ1) is 15.7. The molecule has 0 saturated heterocycles. The summed E-state index contributed by atoms with van der Waals surface area (Å²) in [6.07, 6.45) is 0.267. The Morgan fingerprint density at radius 3 is 2.37 bits per heavy atom. The second-order valence-electron chi connectivity index (χ2n) is 4.96. The summed E-state index contributed by atoms with van der Waals surface area (Å²) in [7, 11) is 1.86. The molecule has 0 aromatic heterocycles. The van der Waals surface area contributed by atoms with Gasteiger partial charge in [-0.3, -0.25) is 9.69 Å². The molecule has 1 aromatic carbocycles. The van der Waals surface area contributed by atoms with Gasteiger partial charge in [-0.1, -0.05) is 36.8 Å². The highest BCUT2D eigenvalue weighted by Crippen LogP contribution is 2.23. The predicted octanol–water partition coefficient (Wildman–Crippen LogP) is 2.21. The lowest BCUT2D eigenvalue weighted by Gasteiger charge is -2.31. The van der Waals surface area contributed by atoms with Crippen molar-refractivity contribution in [2.75, 3.05) is 13.6 Å². The van der Waals surface area contributed by atoms with Crippen LogP contribution in [0.25, 0.3) is 0 Å². The molecule has 0 heterocycles. The Hall–Kier alpha value is -1.39. The van der Waals surface area contributed by atoms with E-state index in [0.717, 1.165) is 17.5 Å². The Labute approximate surface area is 114 Å². The van der Waals surface area contributed by atoms with Gasteiger partial charge in [-0.25, -0.2) is 0 Å². The molecule has 2 N–H and O–H groups in total. The molecule has 4 nitrogen and oxygen atoms in total. The van der Waals surface area contributed by atoms with Crippen LogP contribution in [-0.2, 0) is 4.79 Å². The zero-order chi connectivity index (χ0) is 14.4. The number of carboxylic acid groups (broad SMARTS) is 1. The lowest BCUT2D eigenvalue weighted by atomic mass is 9.98. The van der Waals surface area contributed by atoms with E-state index in [4.69, 9.17) is 5.11 Å². The van der Waals surface area contributed by atoms with Crippen LogP contribution in [-0.4, -0.2) is 40.7 Å². The molecule has 2 atom stereocenters. The first-order valence-corrected chi connectivity index (χ1v) is 6.62. The van der Waals surface area contributed by atoms with Gasteiger partial charge in [-0.15, -0.1) is 0 Å². The molecule has 1 rings (SSSR count). The lowest BCUT2D eigenvalue weighted by molar-refractivity contribution is -0.137. The third-order valence-corrected chi connectivity index (χ3v) is 3.45. The van der Waals surface area contributed by atoms with E-state index in [1.807, 2.05) is 50.1 Å². The number of aliphatic hydroxyl groups is 1. The van der Waals surface area contributed by atoms with Gasteiger partial charge in [-0.05, 0) is 26.0 Å². The molecule has 0 amide bonds. The molecule has 0 aliphatic heterocycles. The van der Waals surface area contributed by atoms with E-state index < -0.39 is 12.1 Å². The van der Waals surface area contributed by atoms with Crippen LogP contribution in [0.5, 0.6) is 0 Å². The van der Waals surface area contributed by atoms with E-state index in [1.54, 1.807) is 0 Å². The largest absolute Gasteiger partial charge is 0.481 e. The van der Waals surface area contributed by atoms with Gasteiger partial charge in [0.25, 0.3) is 0 Å². The maximum absolute atomic E-state index is 10.6. The summed E-state index contributed by atoms with van der Waals surface area (Å²) in [5.41, 5.74) is 2.03. The summed E-state index contributed by atoms with van der Waals surface area (Å²) in [6, 6.07) is 7.73. The van der Waals surface area contributed by atoms with Crippen molar-refractivity contribution in [1.29, 1.82) is 0 Å². The van der Waals surface area contributed by atoms with Crippen molar-refractivity contribution < 1.29 is 15.0 Å². The van der Waals surface area contributed by atoms with Gasteiger partial charge in [0.1, 0.15) is 0 Å². The van der Waals surface area contributed by atoms with Gasteiger partial charge in [-0.2, -0.15) is 0 Å². The van der Waals surface area contributed by atoms with Gasteiger partial charge in [0.15, 0.2) is 0 Å². The first-order chi connectivity index (χ1) is 8.95. The van der Waals surface area contributed by atoms with E-state index >= 15 is 0 Å². The molecule has 4 heteroatoms. The molecule has 0 spiro atoms. The van der Waals surface area contributed by atoms with Crippen LogP contribution < -0.4 is 0 Å². The quantitative estimate of drug-likeness (QED) is 0.793. The molecule has 106 valence electrons. The smallest absolute Gasteiger partial charge is 0.304 e. The number of rotatable bonds is 7. The third kappa shape index (κ3) is 4.65. The predicted molar refractivity (Wildman–Crippen MR) is 75.1 cm³/mol. The van der Waals surface area contributed by atoms with Gasteiger partial charge in [0.05, 0.1) is 12.5 Å². The number of aliphatic carboxylic acids is 1. The number of nitrogens with zero attached hydrogens (tertiary/aromatic N) is 1. The second kappa shape index (κ2) is 7.26. The van der Waals surface area contributed by atoms with Crippen molar-refractivity contribution in [3.05, 3.63) is 35.4 Å². The minimum absolute atomic E-state index is 0.0675. The molecule has 1 aromatic rings. The van der Waals surface area contributed by atoms with Crippen LogP contribution in [0.4, 0.5) is 0 Å². The lowest BCUT2D eigenvalue weighted by Crippen LogP contribution is -2.37. The van der Waals surface area contributed by atoms with Crippen molar-refractivity contribution in [2.24, 2.45) is 0 Å². The van der Waals surface area contributed by atoms with Gasteiger partial charge >= 0.3 is 5.97 Å². The average Bonchev–Trinajstić information content (AvgIpc) is 2.37. The van der Waals surface area contributed by atoms with Gasteiger partial charge in [0.2, 0.25) is 0 Å². The van der Waals surface area contributed by atoms with Crippen molar-refractivity contribution in [3.8, 4) is 0 Å². The summed E-state index contributed by atoms with van der Waals surface area (Å²) in [6.45, 7) is 4.45. The molecule has 19 heavy (non-hydrogen) atoms. The molecule has 0 aliphatic rings. The molecular weight excluding hydrogens is 242 g/mol. The van der Waals surface area contributed by atoms with Gasteiger partial charge in [0, 0.05) is 12.6 Å². The Kier molecular flexibility index (Phi) is 5.99. The Bertz CT molecular complexity index is 402. The number of carboxylic acids is 1. The molecule has 0 aliphatic carbocycles. The van der Waals surface area contributed by atoms with Crippen LogP contribution in [0.2, 0.25) is 0 Å². The van der Waals surface area contributed by atoms with Crippen LogP contribution >= 0.6 is 0 Å². The van der Waals surface area contributed by atoms with Crippen molar-refractivity contribution in [2.45, 2.75) is 38.8 Å². The minimum Gasteiger partial charge on any atom is -0.481 e. The molecular formula is C15H23NO3. The van der Waals surface area contributed by atoms with E-state index in [2.05, 4.69) is 0 Å². The topological polar surface area (TPSA) is 60.8 Å². The Balaban J connectivity index is 2.72. The molecule has 2 unspecified atom stereocenters. The number of likely N-dealkylation sites (N-methyl/N-ethyl adjacent to an activating group) is 1. The zero-order valence-corrected chi connectivity index (χ0v) is 11.8. The SMILES string of the molecule is CCC(C(O)c1ccc(C)cc1)N(C)CCC(=O)O. The maximum atomic E-state index is 10.6. The molecule has 0 bridgehead atoms. The highest BCUT2D eigenvalue weighted by Gasteiger charge is 2.23. The second-order valence-corrected chi connectivity index (χ2v) is 4.96. The van der Waals surface area contributed by atoms with Crippen LogP contribution in [0.15, 0.2) is 24.3 Å². The van der Waals surface area contributed by atoms with E-state index in [-0.39, 0.29) is 12.5 Å². The van der Waals surface area contributed by atoms with Gasteiger partial charge < -0.3 is 10.2 Å². The maximum Gasteiger partial charge on any atom is 0.304 e. The zero-order valence-electron chi connectivity index (χ0n) is 11.8. The van der Waals surface area contributed by atoms with Crippen molar-refractivity contribution in [1.82, 2.24) is 4.90 Å². The number of aliphatic hydroxyl groups excluding tert-OH is 1. The standard InChI is InChI=1S/C15H23NO3/c1-4-13(16(3)10-9-14(17)18)15(19)12-7-5-11(2)6-8-12/h5-8,13,15,19H,4,9-10H2,1-3H3,(H,17,18). The normalized spacial score (nSPS) is 14.4. The average molecular weight is 265 g/mol. The molecule has 0 fully saturated rings. The Morgan fingerprint density at radius 1 is 1.32 bits per heavy atom. The first-order valence-electron chi connectivity index (χ1n) is 6.62. The van der Waals surface area contributed by atoms with E-state index in [1.165, 1.54) is 0 Å². The molecule has 0 saturated carbocycles. The van der Waals surface area contributed by atoms with Crippen molar-refractivity contribution >= 4 is 5.97 Å². The highest BCUT2D eigenvalue weighted by molar-refractivity contribution is 5.66. The summed E-state index contributed by atoms with van der Waals surface area (Å²) >= 11 is 0. The fourth-order valence-electron chi connectivity index (χ4n) is 2.20. The summed E-state index contributed by atoms with van der Waals surface area (Å²) < 4.78 is 0. The minimum atomic E-state index is -0.813. The van der Waals surface area contributed by atoms with Crippen LogP contribution in [0.1, 0.15) is 37.0 Å².